The number of hydrogen-bond donors (Lipinski definition) is 0. The van der Waals surface area contributed by atoms with E-state index in [9.17, 15) is 13.2 Å². The molecule has 0 unspecified atom stereocenters. The van der Waals surface area contributed by atoms with Crippen molar-refractivity contribution >= 4 is 37.0 Å². The standard InChI is InChI=1S/C24H20O4S2/c1-15(25)16-4-6-17(7-5-16)23-21-13-10-19(28-2)14-22(21)29-24(23)18-8-11-20(12-9-18)30(3,26)27/h4-14H,1-3H3. The molecule has 0 N–H and O–H groups in total. The Balaban J connectivity index is 1.94. The number of Topliss-reactive ketones (excluding diaryl/α,β-unsaturated/α-hetero) is 1. The van der Waals surface area contributed by atoms with E-state index in [1.165, 1.54) is 6.26 Å². The molecule has 4 nitrogen and oxygen atoms in total. The third-order valence-electron chi connectivity index (χ3n) is 5.02. The molecule has 1 heterocycles. The maximum absolute atomic E-state index is 11.8. The van der Waals surface area contributed by atoms with Crippen molar-refractivity contribution in [2.75, 3.05) is 13.4 Å². The van der Waals surface area contributed by atoms with Crippen LogP contribution in [0.1, 0.15) is 17.3 Å². The predicted molar refractivity (Wildman–Crippen MR) is 122 cm³/mol. The Morgan fingerprint density at radius 1 is 0.900 bits per heavy atom. The Hall–Kier alpha value is -2.96. The Morgan fingerprint density at radius 2 is 1.53 bits per heavy atom. The lowest BCUT2D eigenvalue weighted by Gasteiger charge is -2.08. The highest BCUT2D eigenvalue weighted by atomic mass is 32.2. The molecule has 4 rings (SSSR count). The molecule has 0 saturated carbocycles. The summed E-state index contributed by atoms with van der Waals surface area (Å²) in [6, 6.07) is 20.5. The molecule has 1 aromatic heterocycles. The van der Waals surface area contributed by atoms with Gasteiger partial charge in [-0.05, 0) is 48.4 Å². The van der Waals surface area contributed by atoms with Crippen molar-refractivity contribution in [2.24, 2.45) is 0 Å². The van der Waals surface area contributed by atoms with Crippen LogP contribution in [-0.4, -0.2) is 27.6 Å². The van der Waals surface area contributed by atoms with E-state index >= 15 is 0 Å². The number of sulfone groups is 1. The van der Waals surface area contributed by atoms with E-state index in [2.05, 4.69) is 0 Å². The van der Waals surface area contributed by atoms with E-state index in [0.29, 0.717) is 10.5 Å². The van der Waals surface area contributed by atoms with Gasteiger partial charge in [0.05, 0.1) is 12.0 Å². The third kappa shape index (κ3) is 3.76. The first-order chi connectivity index (χ1) is 14.3. The Bertz CT molecular complexity index is 1350. The highest BCUT2D eigenvalue weighted by molar-refractivity contribution is 7.90. The molecule has 0 saturated heterocycles. The molecule has 0 spiro atoms. The highest BCUT2D eigenvalue weighted by Crippen LogP contribution is 2.45. The van der Waals surface area contributed by atoms with Crippen molar-refractivity contribution < 1.29 is 17.9 Å². The Kier molecular flexibility index (Phi) is 5.22. The largest absolute Gasteiger partial charge is 0.497 e. The average Bonchev–Trinajstić information content (AvgIpc) is 3.11. The van der Waals surface area contributed by atoms with Gasteiger partial charge >= 0.3 is 0 Å². The second kappa shape index (κ2) is 7.70. The molecular weight excluding hydrogens is 416 g/mol. The molecule has 0 aliphatic rings. The fraction of sp³-hybridized carbons (Fsp3) is 0.125. The van der Waals surface area contributed by atoms with Gasteiger partial charge in [-0.2, -0.15) is 0 Å². The van der Waals surface area contributed by atoms with Crippen LogP contribution in [0.15, 0.2) is 71.6 Å². The summed E-state index contributed by atoms with van der Waals surface area (Å²) in [5.41, 5.74) is 3.66. The summed E-state index contributed by atoms with van der Waals surface area (Å²) in [5.74, 6) is 0.805. The van der Waals surface area contributed by atoms with Crippen LogP contribution >= 0.6 is 11.3 Å². The van der Waals surface area contributed by atoms with Crippen molar-refractivity contribution in [2.45, 2.75) is 11.8 Å². The van der Waals surface area contributed by atoms with Crippen LogP contribution in [0.4, 0.5) is 0 Å². The van der Waals surface area contributed by atoms with Crippen LogP contribution in [0.25, 0.3) is 31.7 Å². The molecule has 0 aliphatic heterocycles. The van der Waals surface area contributed by atoms with E-state index < -0.39 is 9.84 Å². The zero-order valence-electron chi connectivity index (χ0n) is 16.8. The highest BCUT2D eigenvalue weighted by Gasteiger charge is 2.17. The topological polar surface area (TPSA) is 60.4 Å². The maximum atomic E-state index is 11.8. The fourth-order valence-electron chi connectivity index (χ4n) is 3.42. The third-order valence-corrected chi connectivity index (χ3v) is 7.35. The van der Waals surface area contributed by atoms with Gasteiger partial charge in [0.25, 0.3) is 0 Å². The first-order valence-corrected chi connectivity index (χ1v) is 12.0. The minimum absolute atomic E-state index is 0.0260. The molecule has 0 fully saturated rings. The minimum atomic E-state index is -3.26. The van der Waals surface area contributed by atoms with E-state index in [0.717, 1.165) is 37.4 Å². The summed E-state index contributed by atoms with van der Waals surface area (Å²) < 4.78 is 30.1. The number of rotatable bonds is 5. The molecule has 6 heteroatoms. The quantitative estimate of drug-likeness (QED) is 0.368. The predicted octanol–water partition coefficient (Wildman–Crippen LogP) is 5.85. The first kappa shape index (κ1) is 20.3. The number of benzene rings is 3. The Labute approximate surface area is 179 Å². The lowest BCUT2D eigenvalue weighted by molar-refractivity contribution is 0.101. The molecular formula is C24H20O4S2. The van der Waals surface area contributed by atoms with Crippen molar-refractivity contribution in [3.05, 3.63) is 72.3 Å². The van der Waals surface area contributed by atoms with Crippen LogP contribution in [-0.2, 0) is 9.84 Å². The van der Waals surface area contributed by atoms with Crippen LogP contribution < -0.4 is 4.74 Å². The summed E-state index contributed by atoms with van der Waals surface area (Å²) in [7, 11) is -1.62. The Morgan fingerprint density at radius 3 is 2.10 bits per heavy atom. The lowest BCUT2D eigenvalue weighted by atomic mass is 9.97. The number of carbonyl (C=O) groups excluding carboxylic acids is 1. The van der Waals surface area contributed by atoms with Gasteiger partial charge in [0.1, 0.15) is 5.75 Å². The van der Waals surface area contributed by atoms with Crippen molar-refractivity contribution in [1.29, 1.82) is 0 Å². The number of thiophene rings is 1. The van der Waals surface area contributed by atoms with Gasteiger partial charge in [0.15, 0.2) is 15.6 Å². The maximum Gasteiger partial charge on any atom is 0.175 e. The number of ketones is 1. The smallest absolute Gasteiger partial charge is 0.175 e. The monoisotopic (exact) mass is 436 g/mol. The van der Waals surface area contributed by atoms with Gasteiger partial charge in [-0.15, -0.1) is 11.3 Å². The fourth-order valence-corrected chi connectivity index (χ4v) is 5.31. The summed E-state index contributed by atoms with van der Waals surface area (Å²) in [6.45, 7) is 1.55. The number of fused-ring (bicyclic) bond motifs is 1. The lowest BCUT2D eigenvalue weighted by Crippen LogP contribution is -1.96. The van der Waals surface area contributed by atoms with Crippen LogP contribution in [0.5, 0.6) is 5.75 Å². The van der Waals surface area contributed by atoms with Crippen LogP contribution in [0.3, 0.4) is 0 Å². The van der Waals surface area contributed by atoms with Gasteiger partial charge in [-0.1, -0.05) is 36.4 Å². The summed E-state index contributed by atoms with van der Waals surface area (Å²) in [5, 5.41) is 1.08. The summed E-state index contributed by atoms with van der Waals surface area (Å²) in [4.78, 5) is 13.0. The molecule has 4 aromatic rings. The molecule has 0 atom stereocenters. The zero-order valence-corrected chi connectivity index (χ0v) is 18.4. The van der Waals surface area contributed by atoms with Gasteiger partial charge in [0.2, 0.25) is 0 Å². The molecule has 0 radical (unpaired) electrons. The van der Waals surface area contributed by atoms with E-state index in [1.54, 1.807) is 37.5 Å². The van der Waals surface area contributed by atoms with E-state index in [4.69, 9.17) is 4.74 Å². The number of hydrogen-bond acceptors (Lipinski definition) is 5. The van der Waals surface area contributed by atoms with Crippen LogP contribution in [0, 0.1) is 0 Å². The number of ether oxygens (including phenoxy) is 1. The molecule has 152 valence electrons. The van der Waals surface area contributed by atoms with Crippen molar-refractivity contribution in [3.63, 3.8) is 0 Å². The van der Waals surface area contributed by atoms with Gasteiger partial charge in [-0.3, -0.25) is 4.79 Å². The number of methoxy groups -OCH3 is 1. The van der Waals surface area contributed by atoms with E-state index in [-0.39, 0.29) is 5.78 Å². The van der Waals surface area contributed by atoms with Gasteiger partial charge in [0, 0.05) is 32.3 Å². The number of carbonyl (C=O) groups is 1. The second-order valence-electron chi connectivity index (χ2n) is 7.10. The van der Waals surface area contributed by atoms with Gasteiger partial charge in [-0.25, -0.2) is 8.42 Å². The van der Waals surface area contributed by atoms with Gasteiger partial charge < -0.3 is 4.74 Å². The van der Waals surface area contributed by atoms with Crippen molar-refractivity contribution in [3.8, 4) is 27.3 Å². The van der Waals surface area contributed by atoms with Crippen molar-refractivity contribution in [1.82, 2.24) is 0 Å². The molecule has 0 amide bonds. The second-order valence-corrected chi connectivity index (χ2v) is 10.2. The normalized spacial score (nSPS) is 11.6. The molecule has 0 aliphatic carbocycles. The molecule has 30 heavy (non-hydrogen) atoms. The molecule has 3 aromatic carbocycles. The minimum Gasteiger partial charge on any atom is -0.497 e. The van der Waals surface area contributed by atoms with E-state index in [1.807, 2.05) is 54.6 Å². The summed E-state index contributed by atoms with van der Waals surface area (Å²) in [6.07, 6.45) is 1.20. The molecule has 0 bridgehead atoms. The average molecular weight is 437 g/mol. The first-order valence-electron chi connectivity index (χ1n) is 9.30. The van der Waals surface area contributed by atoms with Crippen LogP contribution in [0.2, 0.25) is 0 Å². The zero-order chi connectivity index (χ0) is 21.5. The SMILES string of the molecule is COc1ccc2c(-c3ccc(C(C)=O)cc3)c(-c3ccc(S(C)(=O)=O)cc3)sc2c1. The summed E-state index contributed by atoms with van der Waals surface area (Å²) >= 11 is 1.63.